The lowest BCUT2D eigenvalue weighted by Gasteiger charge is -2.29. The van der Waals surface area contributed by atoms with Gasteiger partial charge < -0.3 is 9.80 Å². The molecule has 0 saturated carbocycles. The molecule has 9 rings (SSSR count). The molecule has 2 aliphatic carbocycles. The van der Waals surface area contributed by atoms with Crippen LogP contribution in [0.2, 0.25) is 0 Å². The molecule has 0 N–H and O–H groups in total. The van der Waals surface area contributed by atoms with Crippen LogP contribution >= 0.6 is 0 Å². The smallest absolute Gasteiger partial charge is 0.0540 e. The van der Waals surface area contributed by atoms with Crippen LogP contribution in [0.25, 0.3) is 39.6 Å². The monoisotopic (exact) mass is 766 g/mol. The minimum Gasteiger partial charge on any atom is -0.311 e. The van der Waals surface area contributed by atoms with E-state index in [4.69, 9.17) is 0 Å². The number of rotatable bonds is 10. The molecular formula is C57H54N2. The Morgan fingerprint density at radius 3 is 1.80 bits per heavy atom. The van der Waals surface area contributed by atoms with Gasteiger partial charge in [-0.2, -0.15) is 0 Å². The molecule has 2 aliphatic rings. The van der Waals surface area contributed by atoms with Crippen LogP contribution in [0.4, 0.5) is 28.4 Å². The molecule has 0 aliphatic heterocycles. The van der Waals surface area contributed by atoms with E-state index in [9.17, 15) is 0 Å². The third kappa shape index (κ3) is 8.83. The number of nitrogens with zero attached hydrogens (tertiary/aromatic N) is 2. The highest BCUT2D eigenvalue weighted by Crippen LogP contribution is 2.43. The van der Waals surface area contributed by atoms with Crippen LogP contribution in [-0.2, 0) is 6.42 Å². The van der Waals surface area contributed by atoms with E-state index in [0.717, 1.165) is 47.7 Å². The quantitative estimate of drug-likeness (QED) is 0.128. The topological polar surface area (TPSA) is 6.48 Å². The summed E-state index contributed by atoms with van der Waals surface area (Å²) in [5.74, 6) is 0. The molecular weight excluding hydrogens is 713 g/mol. The van der Waals surface area contributed by atoms with Gasteiger partial charge in [0.05, 0.1) is 5.69 Å². The van der Waals surface area contributed by atoms with Crippen molar-refractivity contribution in [3.63, 3.8) is 0 Å². The largest absolute Gasteiger partial charge is 0.311 e. The average Bonchev–Trinajstić information content (AvgIpc) is 3.32. The predicted octanol–water partition coefficient (Wildman–Crippen LogP) is 16.7. The SMILES string of the molecule is C=C(/C=C\c1ccc2c(N(c3ccccc3)c3ccc(C4=CC=CCC4)cc3)ccc3c2c1CC=C3)N(c1ccccc1)c1ccc(-c2ccccc2)cc1.CC.CC. The summed E-state index contributed by atoms with van der Waals surface area (Å²) in [6.07, 6.45) is 18.7. The first-order valence-electron chi connectivity index (χ1n) is 21.2. The second-order valence-electron chi connectivity index (χ2n) is 14.1. The van der Waals surface area contributed by atoms with Crippen LogP contribution in [0.15, 0.2) is 206 Å². The van der Waals surface area contributed by atoms with Crippen LogP contribution in [0.5, 0.6) is 0 Å². The average molecular weight is 767 g/mol. The van der Waals surface area contributed by atoms with Crippen LogP contribution in [0.3, 0.4) is 0 Å². The molecule has 292 valence electrons. The second kappa shape index (κ2) is 19.5. The Kier molecular flexibility index (Phi) is 13.3. The number of para-hydroxylation sites is 2. The molecule has 7 aromatic carbocycles. The highest BCUT2D eigenvalue weighted by atomic mass is 15.1. The summed E-state index contributed by atoms with van der Waals surface area (Å²) in [6, 6.07) is 58.7. The minimum atomic E-state index is 0.868. The van der Waals surface area contributed by atoms with Crippen LogP contribution < -0.4 is 9.80 Å². The van der Waals surface area contributed by atoms with E-state index in [2.05, 4.69) is 223 Å². The summed E-state index contributed by atoms with van der Waals surface area (Å²) in [5, 5.41) is 2.55. The normalized spacial score (nSPS) is 12.5. The molecule has 0 atom stereocenters. The summed E-state index contributed by atoms with van der Waals surface area (Å²) in [7, 11) is 0. The minimum absolute atomic E-state index is 0.868. The van der Waals surface area contributed by atoms with E-state index in [-0.39, 0.29) is 0 Å². The molecule has 0 fully saturated rings. The van der Waals surface area contributed by atoms with Gasteiger partial charge in [-0.25, -0.2) is 0 Å². The van der Waals surface area contributed by atoms with Gasteiger partial charge in [0.1, 0.15) is 0 Å². The molecule has 0 aromatic heterocycles. The Morgan fingerprint density at radius 1 is 0.559 bits per heavy atom. The fourth-order valence-electron chi connectivity index (χ4n) is 7.99. The van der Waals surface area contributed by atoms with Crippen molar-refractivity contribution in [1.29, 1.82) is 0 Å². The maximum atomic E-state index is 4.60. The van der Waals surface area contributed by atoms with Gasteiger partial charge in [-0.15, -0.1) is 0 Å². The lowest BCUT2D eigenvalue weighted by molar-refractivity contribution is 1.05. The van der Waals surface area contributed by atoms with Crippen molar-refractivity contribution in [1.82, 2.24) is 0 Å². The van der Waals surface area contributed by atoms with Crippen molar-refractivity contribution in [2.75, 3.05) is 9.80 Å². The molecule has 0 bridgehead atoms. The van der Waals surface area contributed by atoms with E-state index in [1.807, 2.05) is 27.7 Å². The van der Waals surface area contributed by atoms with Crippen molar-refractivity contribution in [3.05, 3.63) is 229 Å². The maximum Gasteiger partial charge on any atom is 0.0540 e. The number of hydrogen-bond acceptors (Lipinski definition) is 2. The lowest BCUT2D eigenvalue weighted by atomic mass is 9.88. The Labute approximate surface area is 352 Å². The third-order valence-corrected chi connectivity index (χ3v) is 10.7. The highest BCUT2D eigenvalue weighted by molar-refractivity contribution is 6.06. The zero-order valence-electron chi connectivity index (χ0n) is 34.9. The molecule has 0 radical (unpaired) electrons. The van der Waals surface area contributed by atoms with Gasteiger partial charge >= 0.3 is 0 Å². The molecule has 0 amide bonds. The summed E-state index contributed by atoms with van der Waals surface area (Å²) in [4.78, 5) is 4.63. The van der Waals surface area contributed by atoms with Crippen molar-refractivity contribution in [2.24, 2.45) is 0 Å². The van der Waals surface area contributed by atoms with Gasteiger partial charge in [0.2, 0.25) is 0 Å². The van der Waals surface area contributed by atoms with Gasteiger partial charge in [0, 0.05) is 33.8 Å². The molecule has 0 heterocycles. The maximum absolute atomic E-state index is 4.60. The molecule has 0 unspecified atom stereocenters. The Bertz CT molecular complexity index is 2590. The number of benzene rings is 7. The van der Waals surface area contributed by atoms with Gasteiger partial charge in [-0.3, -0.25) is 0 Å². The summed E-state index contributed by atoms with van der Waals surface area (Å²) >= 11 is 0. The van der Waals surface area contributed by atoms with Gasteiger partial charge in [-0.1, -0.05) is 180 Å². The third-order valence-electron chi connectivity index (χ3n) is 10.7. The zero-order valence-corrected chi connectivity index (χ0v) is 34.9. The number of allylic oxidation sites excluding steroid dienone is 6. The molecule has 2 heteroatoms. The van der Waals surface area contributed by atoms with Gasteiger partial charge in [0.25, 0.3) is 0 Å². The molecule has 0 spiro atoms. The molecule has 2 nitrogen and oxygen atoms in total. The zero-order chi connectivity index (χ0) is 41.0. The number of anilines is 5. The highest BCUT2D eigenvalue weighted by Gasteiger charge is 2.21. The summed E-state index contributed by atoms with van der Waals surface area (Å²) in [5.41, 5.74) is 15.3. The Morgan fingerprint density at radius 2 is 1.14 bits per heavy atom. The first-order valence-corrected chi connectivity index (χ1v) is 21.2. The van der Waals surface area contributed by atoms with Gasteiger partial charge in [0.15, 0.2) is 0 Å². The molecule has 7 aromatic rings. The van der Waals surface area contributed by atoms with Crippen molar-refractivity contribution in [3.8, 4) is 11.1 Å². The van der Waals surface area contributed by atoms with E-state index >= 15 is 0 Å². The summed E-state index contributed by atoms with van der Waals surface area (Å²) in [6.45, 7) is 12.6. The predicted molar refractivity (Wildman–Crippen MR) is 259 cm³/mol. The first-order chi connectivity index (χ1) is 29.2. The number of hydrogen-bond donors (Lipinski definition) is 0. The van der Waals surface area contributed by atoms with Crippen LogP contribution in [0, 0.1) is 0 Å². The van der Waals surface area contributed by atoms with Gasteiger partial charge in [-0.05, 0) is 124 Å². The van der Waals surface area contributed by atoms with Crippen molar-refractivity contribution >= 4 is 56.9 Å². The second-order valence-corrected chi connectivity index (χ2v) is 14.1. The standard InChI is InChI=1S/C53H42N2.2C2H6/c1-39(54(46-20-10-4-11-21-46)48-33-27-42(28-34-48)40-15-6-2-7-16-40)25-26-44-31-37-51-52(38-32-45-19-14-24-50(44)53(45)51)55(47-22-12-5-13-23-47)49-35-29-43(30-36-49)41-17-8-3-9-18-41;2*1-2/h2-8,10-17,19-23,25-38H,1,9,18,24H2;2*1-2H3/b26-25-;;. The van der Waals surface area contributed by atoms with Crippen molar-refractivity contribution in [2.45, 2.75) is 47.0 Å². The van der Waals surface area contributed by atoms with Crippen LogP contribution in [0.1, 0.15) is 62.8 Å². The Balaban J connectivity index is 0.00000128. The Hall–Kier alpha value is -6.90. The van der Waals surface area contributed by atoms with E-state index in [1.54, 1.807) is 0 Å². The van der Waals surface area contributed by atoms with Crippen LogP contribution in [-0.4, -0.2) is 0 Å². The lowest BCUT2D eigenvalue weighted by Crippen LogP contribution is -2.14. The summed E-state index contributed by atoms with van der Waals surface area (Å²) < 4.78 is 0. The van der Waals surface area contributed by atoms with Crippen molar-refractivity contribution < 1.29 is 0 Å². The molecule has 59 heavy (non-hydrogen) atoms. The fourth-order valence-corrected chi connectivity index (χ4v) is 7.99. The fraction of sp³-hybridized carbons (Fsp3) is 0.123. The molecule has 0 saturated heterocycles. The first kappa shape index (κ1) is 40.3. The van der Waals surface area contributed by atoms with E-state index < -0.39 is 0 Å². The van der Waals surface area contributed by atoms with E-state index in [1.165, 1.54) is 55.4 Å². The van der Waals surface area contributed by atoms with E-state index in [0.29, 0.717) is 0 Å².